The summed E-state index contributed by atoms with van der Waals surface area (Å²) in [7, 11) is -2.71. The third-order valence-corrected chi connectivity index (χ3v) is 18.7. The molecule has 0 amide bonds. The number of hydrogen-bond donors (Lipinski definition) is 0. The lowest BCUT2D eigenvalue weighted by atomic mass is 10.4. The molecule has 0 saturated heterocycles. The molecule has 1 atom stereocenters. The third-order valence-electron chi connectivity index (χ3n) is 2.59. The lowest BCUT2D eigenvalue weighted by molar-refractivity contribution is 0.603. The summed E-state index contributed by atoms with van der Waals surface area (Å²) in [5, 5.41) is 1.32. The Bertz CT molecular complexity index is 331. The van der Waals surface area contributed by atoms with Crippen molar-refractivity contribution >= 4 is 41.8 Å². The minimum atomic E-state index is -1.91. The zero-order chi connectivity index (χ0) is 12.0. The molecule has 0 fully saturated rings. The van der Waals surface area contributed by atoms with Gasteiger partial charge in [-0.25, -0.2) is 0 Å². The van der Waals surface area contributed by atoms with Gasteiger partial charge >= 0.3 is 0 Å². The molecule has 0 aliphatic heterocycles. The van der Waals surface area contributed by atoms with Crippen LogP contribution in [-0.4, -0.2) is 36.6 Å². The molecule has 6 heteroatoms. The van der Waals surface area contributed by atoms with E-state index in [-0.39, 0.29) is 0 Å². The molecule has 1 rings (SSSR count). The van der Waals surface area contributed by atoms with Gasteiger partial charge in [0.2, 0.25) is 7.83 Å². The Morgan fingerprint density at radius 1 is 1.38 bits per heavy atom. The van der Waals surface area contributed by atoms with Crippen LogP contribution in [0.4, 0.5) is 0 Å². The first kappa shape index (κ1) is 13.8. The number of rotatable bonds is 6. The summed E-state index contributed by atoms with van der Waals surface area (Å²) in [6.45, 7) is 8.42. The molecule has 16 heavy (non-hydrogen) atoms. The van der Waals surface area contributed by atoms with Gasteiger partial charge in [-0.3, -0.25) is 0 Å². The third kappa shape index (κ3) is 3.37. The minimum Gasteiger partial charge on any atom is -0.462 e. The van der Waals surface area contributed by atoms with Crippen molar-refractivity contribution in [1.82, 2.24) is 0 Å². The second-order valence-corrected chi connectivity index (χ2v) is 16.2. The van der Waals surface area contributed by atoms with E-state index in [0.717, 1.165) is 10.5 Å². The summed E-state index contributed by atoms with van der Waals surface area (Å²) < 4.78 is 12.0. The van der Waals surface area contributed by atoms with E-state index >= 15 is 0 Å². The zero-order valence-electron chi connectivity index (χ0n) is 10.3. The Balaban J connectivity index is 2.92. The quantitative estimate of drug-likeness (QED) is 0.652. The SMILES string of the molecule is C=C[Si](O[SiH3])([SiH2]O[SiH](C)C)c1ccccc1. The largest absolute Gasteiger partial charge is 0.462 e. The number of hydrogen-bond acceptors (Lipinski definition) is 2. The van der Waals surface area contributed by atoms with Gasteiger partial charge in [0.25, 0.3) is 0 Å². The lowest BCUT2D eigenvalue weighted by Crippen LogP contribution is -2.56. The molecule has 1 unspecified atom stereocenters. The molecule has 0 radical (unpaired) electrons. The van der Waals surface area contributed by atoms with Crippen LogP contribution in [0.25, 0.3) is 0 Å². The molecule has 0 heterocycles. The Hall–Kier alpha value is -0.252. The average molecular weight is 285 g/mol. The van der Waals surface area contributed by atoms with Crippen LogP contribution in [0.5, 0.6) is 0 Å². The number of benzene rings is 1. The van der Waals surface area contributed by atoms with Crippen molar-refractivity contribution in [3.05, 3.63) is 42.6 Å². The van der Waals surface area contributed by atoms with Crippen molar-refractivity contribution in [1.29, 1.82) is 0 Å². The van der Waals surface area contributed by atoms with Crippen LogP contribution in [0, 0.1) is 0 Å². The standard InChI is InChI=1S/C10H20O2Si4/c1-4-16(11-13,14-12-15(2)3)10-8-6-5-7-9-10/h4-9,15H,1,14H2,2-3,13H3. The van der Waals surface area contributed by atoms with Crippen molar-refractivity contribution in [2.75, 3.05) is 0 Å². The van der Waals surface area contributed by atoms with Crippen LogP contribution in [0.15, 0.2) is 42.6 Å². The van der Waals surface area contributed by atoms with Crippen molar-refractivity contribution in [3.8, 4) is 0 Å². The molecule has 0 spiro atoms. The van der Waals surface area contributed by atoms with Gasteiger partial charge in [0.15, 0.2) is 18.3 Å². The fraction of sp³-hybridized carbons (Fsp3) is 0.200. The maximum Gasteiger partial charge on any atom is 0.244 e. The van der Waals surface area contributed by atoms with Crippen molar-refractivity contribution < 1.29 is 8.23 Å². The van der Waals surface area contributed by atoms with E-state index < -0.39 is 26.2 Å². The first-order chi connectivity index (χ1) is 7.64. The van der Waals surface area contributed by atoms with Crippen LogP contribution in [-0.2, 0) is 8.23 Å². The van der Waals surface area contributed by atoms with Crippen LogP contribution in [0.1, 0.15) is 0 Å². The topological polar surface area (TPSA) is 18.5 Å². The smallest absolute Gasteiger partial charge is 0.244 e. The molecule has 0 aromatic heterocycles. The minimum absolute atomic E-state index is 0.632. The molecule has 0 bridgehead atoms. The summed E-state index contributed by atoms with van der Waals surface area (Å²) in [5.74, 6) is 0. The molecule has 0 saturated carbocycles. The summed E-state index contributed by atoms with van der Waals surface area (Å²) in [6, 6.07) is 10.5. The average Bonchev–Trinajstić information content (AvgIpc) is 2.32. The molecular weight excluding hydrogens is 264 g/mol. The van der Waals surface area contributed by atoms with E-state index in [1.165, 1.54) is 5.19 Å². The second kappa shape index (κ2) is 6.47. The summed E-state index contributed by atoms with van der Waals surface area (Å²) in [5.41, 5.74) is 2.05. The molecule has 0 N–H and O–H groups in total. The molecular formula is C10H20O2Si4. The highest BCUT2D eigenvalue weighted by molar-refractivity contribution is 7.30. The molecule has 1 aromatic carbocycles. The van der Waals surface area contributed by atoms with Gasteiger partial charge < -0.3 is 8.23 Å². The monoisotopic (exact) mass is 284 g/mol. The Kier molecular flexibility index (Phi) is 5.59. The molecule has 0 aliphatic rings. The maximum absolute atomic E-state index is 6.01. The Labute approximate surface area is 106 Å². The summed E-state index contributed by atoms with van der Waals surface area (Å²) in [6.07, 6.45) is 0. The maximum atomic E-state index is 6.01. The molecule has 1 aromatic rings. The van der Waals surface area contributed by atoms with Crippen molar-refractivity contribution in [2.45, 2.75) is 13.1 Å². The van der Waals surface area contributed by atoms with Gasteiger partial charge in [-0.15, -0.1) is 6.58 Å². The zero-order valence-corrected chi connectivity index (χ0v) is 15.8. The predicted octanol–water partition coefficient (Wildman–Crippen LogP) is -0.558. The van der Waals surface area contributed by atoms with E-state index in [0.29, 0.717) is 0 Å². The Morgan fingerprint density at radius 3 is 2.44 bits per heavy atom. The van der Waals surface area contributed by atoms with Gasteiger partial charge in [0.1, 0.15) is 10.5 Å². The van der Waals surface area contributed by atoms with Gasteiger partial charge in [-0.1, -0.05) is 36.0 Å². The highest BCUT2D eigenvalue weighted by Crippen LogP contribution is 2.05. The van der Waals surface area contributed by atoms with E-state index in [2.05, 4.69) is 49.6 Å². The molecule has 0 aliphatic carbocycles. The van der Waals surface area contributed by atoms with E-state index in [9.17, 15) is 0 Å². The van der Waals surface area contributed by atoms with Gasteiger partial charge in [-0.05, 0) is 18.3 Å². The predicted molar refractivity (Wildman–Crippen MR) is 81.6 cm³/mol. The van der Waals surface area contributed by atoms with Gasteiger partial charge in [-0.2, -0.15) is 0 Å². The van der Waals surface area contributed by atoms with Crippen molar-refractivity contribution in [3.63, 3.8) is 0 Å². The summed E-state index contributed by atoms with van der Waals surface area (Å²) >= 11 is 0. The summed E-state index contributed by atoms with van der Waals surface area (Å²) in [4.78, 5) is 0. The van der Waals surface area contributed by atoms with Crippen molar-refractivity contribution in [2.24, 2.45) is 0 Å². The van der Waals surface area contributed by atoms with Gasteiger partial charge in [0, 0.05) is 0 Å². The van der Waals surface area contributed by atoms with E-state index in [4.69, 9.17) is 8.23 Å². The fourth-order valence-electron chi connectivity index (χ4n) is 1.53. The van der Waals surface area contributed by atoms with Gasteiger partial charge in [0.05, 0.1) is 0 Å². The van der Waals surface area contributed by atoms with E-state index in [1.54, 1.807) is 0 Å². The van der Waals surface area contributed by atoms with Crippen LogP contribution in [0.2, 0.25) is 13.1 Å². The van der Waals surface area contributed by atoms with Crippen LogP contribution >= 0.6 is 0 Å². The lowest BCUT2D eigenvalue weighted by Gasteiger charge is -2.27. The Morgan fingerprint density at radius 2 is 2.00 bits per heavy atom. The normalized spacial score (nSPS) is 15.7. The second-order valence-electron chi connectivity index (χ2n) is 4.02. The first-order valence-corrected chi connectivity index (χ1v) is 14.0. The van der Waals surface area contributed by atoms with Crippen LogP contribution in [0.3, 0.4) is 0 Å². The molecule has 2 nitrogen and oxygen atoms in total. The molecule has 88 valence electrons. The highest BCUT2D eigenvalue weighted by atomic mass is 29.2. The van der Waals surface area contributed by atoms with Crippen LogP contribution < -0.4 is 5.19 Å². The highest BCUT2D eigenvalue weighted by Gasteiger charge is 2.33. The van der Waals surface area contributed by atoms with E-state index in [1.807, 2.05) is 6.07 Å². The first-order valence-electron chi connectivity index (χ1n) is 5.50. The fourth-order valence-corrected chi connectivity index (χ4v) is 15.1.